The van der Waals surface area contributed by atoms with Gasteiger partial charge in [0, 0.05) is 26.6 Å². The van der Waals surface area contributed by atoms with E-state index in [-0.39, 0.29) is 31.6 Å². The van der Waals surface area contributed by atoms with Crippen LogP contribution in [0.4, 0.5) is 9.18 Å². The number of carbonyl (C=O) groups is 2. The molecule has 1 N–H and O–H groups in total. The number of nitrogens with zero attached hydrogens (tertiary/aromatic N) is 5. The van der Waals surface area contributed by atoms with Crippen molar-refractivity contribution in [2.24, 2.45) is 7.05 Å². The molecule has 2 heterocycles. The number of ether oxygens (including phenoxy) is 2. The van der Waals surface area contributed by atoms with Gasteiger partial charge in [0.05, 0.1) is 11.9 Å². The summed E-state index contributed by atoms with van der Waals surface area (Å²) in [7, 11) is 3.48. The van der Waals surface area contributed by atoms with E-state index in [0.717, 1.165) is 25.7 Å². The first-order valence-electron chi connectivity index (χ1n) is 11.6. The first-order valence-corrected chi connectivity index (χ1v) is 11.6. The summed E-state index contributed by atoms with van der Waals surface area (Å²) in [5.41, 5.74) is -0.652. The lowest BCUT2D eigenvalue weighted by Crippen LogP contribution is -2.42. The fraction of sp³-hybridized carbons (Fsp3) is 0.609. The van der Waals surface area contributed by atoms with Gasteiger partial charge >= 0.3 is 12.1 Å². The lowest BCUT2D eigenvalue weighted by molar-refractivity contribution is -0.155. The monoisotopic (exact) mass is 475 g/mol. The third kappa shape index (κ3) is 5.13. The molecule has 0 spiro atoms. The predicted molar refractivity (Wildman–Crippen MR) is 119 cm³/mol. The minimum absolute atomic E-state index is 0.00411. The fourth-order valence-electron chi connectivity index (χ4n) is 4.66. The highest BCUT2D eigenvalue weighted by Crippen LogP contribution is 2.34. The minimum atomic E-state index is -2.26. The summed E-state index contributed by atoms with van der Waals surface area (Å²) < 4.78 is 27.4. The van der Waals surface area contributed by atoms with Gasteiger partial charge in [-0.2, -0.15) is 0 Å². The number of carboxylic acid groups (broad SMARTS) is 1. The van der Waals surface area contributed by atoms with Gasteiger partial charge in [0.15, 0.2) is 0 Å². The average Bonchev–Trinajstić information content (AvgIpc) is 3.48. The second-order valence-electron chi connectivity index (χ2n) is 9.10. The Kier molecular flexibility index (Phi) is 6.99. The lowest BCUT2D eigenvalue weighted by atomic mass is 9.84. The molecule has 2 atom stereocenters. The van der Waals surface area contributed by atoms with Crippen LogP contribution >= 0.6 is 0 Å². The predicted octanol–water partition coefficient (Wildman–Crippen LogP) is 3.50. The van der Waals surface area contributed by atoms with E-state index in [1.54, 1.807) is 35.8 Å². The van der Waals surface area contributed by atoms with Crippen LogP contribution in [0.1, 0.15) is 57.1 Å². The number of aliphatic carboxylic acids is 1. The summed E-state index contributed by atoms with van der Waals surface area (Å²) in [6.45, 7) is 0.00447. The van der Waals surface area contributed by atoms with Gasteiger partial charge in [0.1, 0.15) is 29.8 Å². The van der Waals surface area contributed by atoms with E-state index in [2.05, 4.69) is 15.3 Å². The van der Waals surface area contributed by atoms with Crippen molar-refractivity contribution in [2.75, 3.05) is 7.05 Å². The van der Waals surface area contributed by atoms with Gasteiger partial charge in [0.25, 0.3) is 0 Å². The molecule has 2 aliphatic carbocycles. The Morgan fingerprint density at radius 3 is 2.71 bits per heavy atom. The molecule has 0 bridgehead atoms. The number of hydrogen-bond donors (Lipinski definition) is 1. The van der Waals surface area contributed by atoms with E-state index < -0.39 is 17.7 Å². The molecular formula is C23H30FN5O5. The van der Waals surface area contributed by atoms with Gasteiger partial charge in [-0.1, -0.05) is 18.1 Å². The number of amides is 1. The van der Waals surface area contributed by atoms with E-state index in [1.807, 2.05) is 0 Å². The molecule has 2 fully saturated rings. The zero-order valence-corrected chi connectivity index (χ0v) is 19.4. The molecule has 34 heavy (non-hydrogen) atoms. The topological polar surface area (TPSA) is 120 Å². The Balaban J connectivity index is 1.39. The number of halogens is 1. The molecule has 2 aliphatic rings. The Morgan fingerprint density at radius 1 is 1.26 bits per heavy atom. The Morgan fingerprint density at radius 2 is 2.03 bits per heavy atom. The van der Waals surface area contributed by atoms with Crippen LogP contribution in [0.25, 0.3) is 11.4 Å². The van der Waals surface area contributed by atoms with Crippen molar-refractivity contribution < 1.29 is 28.6 Å². The van der Waals surface area contributed by atoms with E-state index in [1.165, 1.54) is 6.20 Å². The molecule has 11 heteroatoms. The molecule has 0 aromatic carbocycles. The molecule has 4 rings (SSSR count). The number of hydrogen-bond acceptors (Lipinski definition) is 7. The third-order valence-electron chi connectivity index (χ3n) is 6.75. The van der Waals surface area contributed by atoms with E-state index >= 15 is 0 Å². The zero-order valence-electron chi connectivity index (χ0n) is 19.4. The first-order chi connectivity index (χ1) is 16.3. The van der Waals surface area contributed by atoms with Crippen molar-refractivity contribution in [1.82, 2.24) is 24.9 Å². The number of alkyl halides is 1. The van der Waals surface area contributed by atoms with Crippen molar-refractivity contribution in [3.05, 3.63) is 24.0 Å². The van der Waals surface area contributed by atoms with E-state index in [9.17, 15) is 14.0 Å². The number of carboxylic acids is 1. The maximum Gasteiger partial charge on any atom is 0.410 e. The Hall–Kier alpha value is -3.24. The molecule has 10 nitrogen and oxygen atoms in total. The molecule has 2 aromatic rings. The van der Waals surface area contributed by atoms with Crippen LogP contribution in [0.15, 0.2) is 18.3 Å². The van der Waals surface area contributed by atoms with Gasteiger partial charge in [-0.15, -0.1) is 5.10 Å². The average molecular weight is 476 g/mol. The van der Waals surface area contributed by atoms with Gasteiger partial charge in [-0.3, -0.25) is 4.98 Å². The maximum absolute atomic E-state index is 14.5. The number of rotatable bonds is 7. The zero-order chi connectivity index (χ0) is 24.3. The minimum Gasteiger partial charge on any atom is -0.489 e. The second-order valence-corrected chi connectivity index (χ2v) is 9.10. The largest absolute Gasteiger partial charge is 0.489 e. The molecule has 2 aromatic heterocycles. The second kappa shape index (κ2) is 9.94. The smallest absolute Gasteiger partial charge is 0.410 e. The van der Waals surface area contributed by atoms with Gasteiger partial charge in [-0.05, 0) is 44.2 Å². The van der Waals surface area contributed by atoms with E-state index in [0.29, 0.717) is 35.7 Å². The number of pyridine rings is 1. The van der Waals surface area contributed by atoms with E-state index in [4.69, 9.17) is 14.6 Å². The lowest BCUT2D eigenvalue weighted by Gasteiger charge is -2.31. The molecule has 1 amide bonds. The summed E-state index contributed by atoms with van der Waals surface area (Å²) in [5, 5.41) is 17.3. The highest BCUT2D eigenvalue weighted by atomic mass is 19.1. The van der Waals surface area contributed by atoms with Crippen molar-refractivity contribution in [2.45, 2.75) is 75.8 Å². The molecule has 0 aliphatic heterocycles. The van der Waals surface area contributed by atoms with Gasteiger partial charge < -0.3 is 19.5 Å². The van der Waals surface area contributed by atoms with Crippen LogP contribution in [-0.2, 0) is 23.2 Å². The van der Waals surface area contributed by atoms with Crippen LogP contribution in [0.3, 0.4) is 0 Å². The molecule has 2 saturated carbocycles. The summed E-state index contributed by atoms with van der Waals surface area (Å²) in [5.74, 6) is -1.03. The van der Waals surface area contributed by atoms with Crippen molar-refractivity contribution in [3.63, 3.8) is 0 Å². The summed E-state index contributed by atoms with van der Waals surface area (Å²) >= 11 is 0. The molecule has 0 saturated heterocycles. The van der Waals surface area contributed by atoms with Gasteiger partial charge in [0.2, 0.25) is 5.67 Å². The third-order valence-corrected chi connectivity index (χ3v) is 6.75. The first kappa shape index (κ1) is 23.9. The number of aryl methyl sites for hydroxylation is 1. The van der Waals surface area contributed by atoms with Crippen LogP contribution in [0.2, 0.25) is 0 Å². The molecular weight excluding hydrogens is 445 g/mol. The van der Waals surface area contributed by atoms with Crippen LogP contribution in [-0.4, -0.2) is 66.9 Å². The molecule has 2 unspecified atom stereocenters. The quantitative estimate of drug-likeness (QED) is 0.646. The molecule has 0 radical (unpaired) electrons. The Bertz CT molecular complexity index is 1020. The summed E-state index contributed by atoms with van der Waals surface area (Å²) in [6.07, 6.45) is 5.62. The van der Waals surface area contributed by atoms with Crippen LogP contribution in [0.5, 0.6) is 5.75 Å². The summed E-state index contributed by atoms with van der Waals surface area (Å²) in [6, 6.07) is 3.58. The number of carbonyl (C=O) groups excluding carboxylic acids is 1. The standard InChI is InChI=1S/C23H30FN5O5/c1-28(15-6-3-4-7-15)22(32)33-14-19-20(26-27-29(19)2)18-10-9-17(13-25-18)34-16-8-5-11-23(24,12-16)21(30)31/h9-10,13,15-16H,3-8,11-12,14H2,1-2H3,(H,30,31). The van der Waals surface area contributed by atoms with Crippen molar-refractivity contribution >= 4 is 12.1 Å². The normalized spacial score (nSPS) is 23.0. The Labute approximate surface area is 197 Å². The highest BCUT2D eigenvalue weighted by Gasteiger charge is 2.44. The number of aromatic nitrogens is 4. The maximum atomic E-state index is 14.5. The van der Waals surface area contributed by atoms with Crippen molar-refractivity contribution in [1.29, 1.82) is 0 Å². The summed E-state index contributed by atoms with van der Waals surface area (Å²) in [4.78, 5) is 29.7. The van der Waals surface area contributed by atoms with Crippen molar-refractivity contribution in [3.8, 4) is 17.1 Å². The van der Waals surface area contributed by atoms with Crippen LogP contribution < -0.4 is 4.74 Å². The van der Waals surface area contributed by atoms with Gasteiger partial charge in [-0.25, -0.2) is 18.7 Å². The van der Waals surface area contributed by atoms with Crippen LogP contribution in [0, 0.1) is 0 Å². The fourth-order valence-corrected chi connectivity index (χ4v) is 4.66. The SMILES string of the molecule is CN(C(=O)OCc1c(-c2ccc(OC3CCCC(F)(C(=O)O)C3)cn2)nnn1C)C1CCCC1. The molecule has 184 valence electrons. The highest BCUT2D eigenvalue weighted by molar-refractivity contribution is 5.77.